The van der Waals surface area contributed by atoms with Crippen molar-refractivity contribution >= 4 is 17.2 Å². The quantitative estimate of drug-likeness (QED) is 0.914. The highest BCUT2D eigenvalue weighted by Crippen LogP contribution is 2.36. The Kier molecular flexibility index (Phi) is 4.81. The molecule has 0 spiro atoms. The maximum atomic E-state index is 12.4. The topological polar surface area (TPSA) is 60.5 Å². The summed E-state index contributed by atoms with van der Waals surface area (Å²) in [6, 6.07) is 5.77. The number of aryl methyl sites for hydroxylation is 1. The van der Waals surface area contributed by atoms with Gasteiger partial charge in [0.15, 0.2) is 11.5 Å². The maximum Gasteiger partial charge on any atom is 0.227 e. The molecule has 5 nitrogen and oxygen atoms in total. The summed E-state index contributed by atoms with van der Waals surface area (Å²) in [7, 11) is 1.62. The molecule has 0 unspecified atom stereocenters. The first kappa shape index (κ1) is 15.8. The van der Waals surface area contributed by atoms with Crippen LogP contribution in [0.4, 0.5) is 0 Å². The van der Waals surface area contributed by atoms with Crippen LogP contribution in [0.25, 0.3) is 0 Å². The van der Waals surface area contributed by atoms with Crippen molar-refractivity contribution in [1.82, 2.24) is 10.3 Å². The average molecular weight is 332 g/mol. The molecule has 0 radical (unpaired) electrons. The van der Waals surface area contributed by atoms with Crippen LogP contribution >= 0.6 is 11.3 Å². The molecular formula is C17H20N2O3S. The number of fused-ring (bicyclic) bond motifs is 1. The van der Waals surface area contributed by atoms with Gasteiger partial charge in [0, 0.05) is 5.38 Å². The number of amides is 1. The number of aromatic nitrogens is 1. The van der Waals surface area contributed by atoms with Gasteiger partial charge in [0.2, 0.25) is 5.91 Å². The molecule has 2 heterocycles. The summed E-state index contributed by atoms with van der Waals surface area (Å²) >= 11 is 1.58. The fourth-order valence-corrected chi connectivity index (χ4v) is 3.44. The summed E-state index contributed by atoms with van der Waals surface area (Å²) in [6.45, 7) is 2.92. The van der Waals surface area contributed by atoms with Crippen LogP contribution < -0.4 is 14.8 Å². The van der Waals surface area contributed by atoms with Gasteiger partial charge in [-0.3, -0.25) is 4.79 Å². The molecule has 0 saturated heterocycles. The molecule has 6 heteroatoms. The zero-order valence-electron chi connectivity index (χ0n) is 13.3. The van der Waals surface area contributed by atoms with Gasteiger partial charge < -0.3 is 14.8 Å². The van der Waals surface area contributed by atoms with E-state index in [-0.39, 0.29) is 11.8 Å². The maximum absolute atomic E-state index is 12.4. The summed E-state index contributed by atoms with van der Waals surface area (Å²) in [6.07, 6.45) is 1.58. The van der Waals surface area contributed by atoms with E-state index in [1.54, 1.807) is 18.4 Å². The van der Waals surface area contributed by atoms with Gasteiger partial charge in [-0.1, -0.05) is 19.1 Å². The Morgan fingerprint density at radius 2 is 2.39 bits per heavy atom. The van der Waals surface area contributed by atoms with Crippen LogP contribution in [0.2, 0.25) is 0 Å². The van der Waals surface area contributed by atoms with Crippen molar-refractivity contribution < 1.29 is 14.3 Å². The fourth-order valence-electron chi connectivity index (χ4n) is 2.62. The van der Waals surface area contributed by atoms with Gasteiger partial charge in [-0.15, -0.1) is 11.3 Å². The van der Waals surface area contributed by atoms with E-state index in [4.69, 9.17) is 9.47 Å². The Morgan fingerprint density at radius 3 is 3.13 bits per heavy atom. The standard InChI is InChI=1S/C17H20N2O3S/c1-3-13-10-23-15(19-13)8-18-17(20)12-7-11-5-4-6-14(21-2)16(11)22-9-12/h4-6,10,12H,3,7-9H2,1-2H3,(H,18,20)/t12-/m1/s1. The van der Waals surface area contributed by atoms with Crippen LogP contribution in [0, 0.1) is 5.92 Å². The molecule has 2 aromatic rings. The van der Waals surface area contributed by atoms with Gasteiger partial charge in [-0.2, -0.15) is 0 Å². The highest BCUT2D eigenvalue weighted by molar-refractivity contribution is 7.09. The Balaban J connectivity index is 1.60. The summed E-state index contributed by atoms with van der Waals surface area (Å²) in [5.74, 6) is 1.30. The highest BCUT2D eigenvalue weighted by Gasteiger charge is 2.27. The first-order chi connectivity index (χ1) is 11.2. The molecule has 1 aliphatic rings. The van der Waals surface area contributed by atoms with E-state index in [1.807, 2.05) is 23.6 Å². The summed E-state index contributed by atoms with van der Waals surface area (Å²) < 4.78 is 11.0. The van der Waals surface area contributed by atoms with E-state index in [0.717, 1.165) is 34.2 Å². The minimum absolute atomic E-state index is 0.00622. The van der Waals surface area contributed by atoms with E-state index in [9.17, 15) is 4.79 Å². The molecule has 1 aliphatic heterocycles. The SMILES string of the molecule is CCc1csc(CNC(=O)[C@H]2COc3c(cccc3OC)C2)n1. The van der Waals surface area contributed by atoms with Gasteiger partial charge in [0.25, 0.3) is 0 Å². The summed E-state index contributed by atoms with van der Waals surface area (Å²) in [5.41, 5.74) is 2.08. The number of carbonyl (C=O) groups is 1. The van der Waals surface area contributed by atoms with Gasteiger partial charge in [0.05, 0.1) is 25.3 Å². The molecule has 0 saturated carbocycles. The third-order valence-corrected chi connectivity index (χ3v) is 4.82. The van der Waals surface area contributed by atoms with Gasteiger partial charge in [-0.05, 0) is 24.5 Å². The molecule has 1 amide bonds. The molecule has 0 bridgehead atoms. The van der Waals surface area contributed by atoms with Gasteiger partial charge in [-0.25, -0.2) is 4.98 Å². The van der Waals surface area contributed by atoms with Crippen molar-refractivity contribution in [3.8, 4) is 11.5 Å². The minimum Gasteiger partial charge on any atom is -0.493 e. The molecule has 1 aromatic heterocycles. The normalized spacial score (nSPS) is 16.3. The second kappa shape index (κ2) is 7.00. The number of ether oxygens (including phenoxy) is 2. The lowest BCUT2D eigenvalue weighted by Gasteiger charge is -2.25. The number of benzene rings is 1. The summed E-state index contributed by atoms with van der Waals surface area (Å²) in [4.78, 5) is 16.8. The van der Waals surface area contributed by atoms with Crippen molar-refractivity contribution in [3.63, 3.8) is 0 Å². The second-order valence-corrected chi connectivity index (χ2v) is 6.41. The van der Waals surface area contributed by atoms with E-state index in [0.29, 0.717) is 19.6 Å². The van der Waals surface area contributed by atoms with Crippen LogP contribution in [0.3, 0.4) is 0 Å². The van der Waals surface area contributed by atoms with Crippen molar-refractivity contribution in [2.24, 2.45) is 5.92 Å². The number of hydrogen-bond acceptors (Lipinski definition) is 5. The van der Waals surface area contributed by atoms with Crippen LogP contribution in [0.15, 0.2) is 23.6 Å². The lowest BCUT2D eigenvalue weighted by Crippen LogP contribution is -2.37. The van der Waals surface area contributed by atoms with Crippen LogP contribution in [-0.4, -0.2) is 24.6 Å². The number of para-hydroxylation sites is 1. The third-order valence-electron chi connectivity index (χ3n) is 3.92. The molecular weight excluding hydrogens is 312 g/mol. The molecule has 122 valence electrons. The number of nitrogens with one attached hydrogen (secondary N) is 1. The number of rotatable bonds is 5. The van der Waals surface area contributed by atoms with Crippen LogP contribution in [0.5, 0.6) is 11.5 Å². The Hall–Kier alpha value is -2.08. The minimum atomic E-state index is -0.180. The predicted octanol–water partition coefficient (Wildman–Crippen LogP) is 2.58. The monoisotopic (exact) mass is 332 g/mol. The second-order valence-electron chi connectivity index (χ2n) is 5.46. The smallest absolute Gasteiger partial charge is 0.227 e. The molecule has 1 atom stereocenters. The van der Waals surface area contributed by atoms with Crippen LogP contribution in [-0.2, 0) is 24.2 Å². The summed E-state index contributed by atoms with van der Waals surface area (Å²) in [5, 5.41) is 5.94. The van der Waals surface area contributed by atoms with E-state index < -0.39 is 0 Å². The van der Waals surface area contributed by atoms with E-state index >= 15 is 0 Å². The lowest BCUT2D eigenvalue weighted by molar-refractivity contribution is -0.126. The molecule has 0 aliphatic carbocycles. The van der Waals surface area contributed by atoms with E-state index in [1.165, 1.54) is 0 Å². The Labute approximate surface area is 139 Å². The zero-order chi connectivity index (χ0) is 16.2. The Bertz CT molecular complexity index is 699. The number of thiazole rings is 1. The van der Waals surface area contributed by atoms with Crippen molar-refractivity contribution in [2.45, 2.75) is 26.3 Å². The lowest BCUT2D eigenvalue weighted by atomic mass is 9.95. The molecule has 1 N–H and O–H groups in total. The molecule has 23 heavy (non-hydrogen) atoms. The predicted molar refractivity (Wildman–Crippen MR) is 89.0 cm³/mol. The first-order valence-corrected chi connectivity index (χ1v) is 8.59. The number of methoxy groups -OCH3 is 1. The van der Waals surface area contributed by atoms with Crippen molar-refractivity contribution in [1.29, 1.82) is 0 Å². The van der Waals surface area contributed by atoms with Gasteiger partial charge in [0.1, 0.15) is 11.6 Å². The van der Waals surface area contributed by atoms with Crippen LogP contribution in [0.1, 0.15) is 23.2 Å². The Morgan fingerprint density at radius 1 is 1.52 bits per heavy atom. The fraction of sp³-hybridized carbons (Fsp3) is 0.412. The van der Waals surface area contributed by atoms with E-state index in [2.05, 4.69) is 17.2 Å². The first-order valence-electron chi connectivity index (χ1n) is 7.71. The zero-order valence-corrected chi connectivity index (χ0v) is 14.1. The number of carbonyl (C=O) groups excluding carboxylic acids is 1. The van der Waals surface area contributed by atoms with Gasteiger partial charge >= 0.3 is 0 Å². The molecule has 1 aromatic carbocycles. The van der Waals surface area contributed by atoms with Crippen molar-refractivity contribution in [2.75, 3.05) is 13.7 Å². The highest BCUT2D eigenvalue weighted by atomic mass is 32.1. The number of hydrogen-bond donors (Lipinski definition) is 1. The average Bonchev–Trinajstić information content (AvgIpc) is 3.06. The largest absolute Gasteiger partial charge is 0.493 e. The van der Waals surface area contributed by atoms with Crippen molar-refractivity contribution in [3.05, 3.63) is 39.8 Å². The number of nitrogens with zero attached hydrogens (tertiary/aromatic N) is 1. The molecule has 0 fully saturated rings. The molecule has 3 rings (SSSR count). The third kappa shape index (κ3) is 3.47.